The van der Waals surface area contributed by atoms with Gasteiger partial charge in [0, 0.05) is 19.7 Å². The van der Waals surface area contributed by atoms with Crippen LogP contribution in [0.3, 0.4) is 0 Å². The number of aromatic nitrogens is 4. The third kappa shape index (κ3) is 3.15. The number of ether oxygens (including phenoxy) is 1. The van der Waals surface area contributed by atoms with Gasteiger partial charge in [-0.2, -0.15) is 0 Å². The minimum atomic E-state index is 0.301. The van der Waals surface area contributed by atoms with Crippen molar-refractivity contribution in [2.45, 2.75) is 76.5 Å². The van der Waals surface area contributed by atoms with Crippen molar-refractivity contribution in [1.29, 1.82) is 0 Å². The maximum atomic E-state index is 5.95. The molecule has 6 nitrogen and oxygen atoms in total. The van der Waals surface area contributed by atoms with E-state index in [9.17, 15) is 0 Å². The Morgan fingerprint density at radius 1 is 1.09 bits per heavy atom. The largest absolute Gasteiger partial charge is 0.378 e. The van der Waals surface area contributed by atoms with Gasteiger partial charge in [-0.05, 0) is 55.4 Å². The normalized spacial score (nSPS) is 31.7. The molecule has 1 saturated carbocycles. The Morgan fingerprint density at radius 2 is 1.96 bits per heavy atom. The molecular weight excluding hydrogens is 290 g/mol. The molecule has 3 atom stereocenters. The molecule has 1 aliphatic carbocycles. The average Bonchev–Trinajstić information content (AvgIpc) is 3.11. The Kier molecular flexibility index (Phi) is 4.62. The molecule has 0 N–H and O–H groups in total. The van der Waals surface area contributed by atoms with Crippen molar-refractivity contribution in [3.63, 3.8) is 0 Å². The first kappa shape index (κ1) is 15.5. The zero-order valence-corrected chi connectivity index (χ0v) is 14.2. The fraction of sp³-hybridized carbons (Fsp3) is 0.941. The Morgan fingerprint density at radius 3 is 2.83 bits per heavy atom. The summed E-state index contributed by atoms with van der Waals surface area (Å²) in [6, 6.07) is 0.807. The van der Waals surface area contributed by atoms with Gasteiger partial charge in [0.1, 0.15) is 0 Å². The molecule has 1 aromatic rings. The van der Waals surface area contributed by atoms with Crippen LogP contribution in [-0.2, 0) is 4.74 Å². The molecule has 0 radical (unpaired) electrons. The van der Waals surface area contributed by atoms with Gasteiger partial charge in [0.15, 0.2) is 5.82 Å². The van der Waals surface area contributed by atoms with Crippen molar-refractivity contribution in [3.05, 3.63) is 5.82 Å². The van der Waals surface area contributed by atoms with E-state index in [0.717, 1.165) is 31.9 Å². The standard InChI is InChI=1S/C17H29N5O/c1-13(21-10-9-16-14(12-21)6-5-11-23-16)17-18-19-20-22(17)15-7-3-2-4-8-15/h13-16H,2-12H2,1H3/t13-,14-,16-/m1/s1. The van der Waals surface area contributed by atoms with Crippen molar-refractivity contribution in [1.82, 2.24) is 25.1 Å². The highest BCUT2D eigenvalue weighted by Gasteiger charge is 2.35. The third-order valence-corrected chi connectivity index (χ3v) is 6.11. The summed E-state index contributed by atoms with van der Waals surface area (Å²) in [5.74, 6) is 1.76. The minimum absolute atomic E-state index is 0.301. The number of hydrogen-bond donors (Lipinski definition) is 0. The number of hydrogen-bond acceptors (Lipinski definition) is 5. The van der Waals surface area contributed by atoms with E-state index in [1.807, 2.05) is 0 Å². The topological polar surface area (TPSA) is 56.1 Å². The van der Waals surface area contributed by atoms with E-state index in [0.29, 0.717) is 24.1 Å². The summed E-state index contributed by atoms with van der Waals surface area (Å²) in [7, 11) is 0. The van der Waals surface area contributed by atoms with Crippen LogP contribution in [0.1, 0.15) is 76.2 Å². The minimum Gasteiger partial charge on any atom is -0.378 e. The summed E-state index contributed by atoms with van der Waals surface area (Å²) < 4.78 is 8.08. The van der Waals surface area contributed by atoms with Crippen LogP contribution in [0.4, 0.5) is 0 Å². The molecule has 0 aromatic carbocycles. The van der Waals surface area contributed by atoms with Crippen molar-refractivity contribution in [3.8, 4) is 0 Å². The first-order chi connectivity index (χ1) is 11.3. The second-order valence-corrected chi connectivity index (χ2v) is 7.54. The van der Waals surface area contributed by atoms with Gasteiger partial charge in [-0.1, -0.05) is 19.3 Å². The average molecular weight is 319 g/mol. The first-order valence-corrected chi connectivity index (χ1v) is 9.46. The number of fused-ring (bicyclic) bond motifs is 1. The molecule has 0 spiro atoms. The van der Waals surface area contributed by atoms with Gasteiger partial charge >= 0.3 is 0 Å². The summed E-state index contributed by atoms with van der Waals surface area (Å²) in [6.45, 7) is 5.45. The third-order valence-electron chi connectivity index (χ3n) is 6.11. The van der Waals surface area contributed by atoms with E-state index in [1.165, 1.54) is 44.9 Å². The highest BCUT2D eigenvalue weighted by Crippen LogP contribution is 2.34. The maximum Gasteiger partial charge on any atom is 0.168 e. The zero-order valence-electron chi connectivity index (χ0n) is 14.2. The molecule has 3 fully saturated rings. The lowest BCUT2D eigenvalue weighted by Gasteiger charge is -2.43. The van der Waals surface area contributed by atoms with Crippen molar-refractivity contribution >= 4 is 0 Å². The van der Waals surface area contributed by atoms with E-state index in [4.69, 9.17) is 4.74 Å². The van der Waals surface area contributed by atoms with Gasteiger partial charge in [-0.3, -0.25) is 4.90 Å². The van der Waals surface area contributed by atoms with Gasteiger partial charge in [0.2, 0.25) is 0 Å². The van der Waals surface area contributed by atoms with Crippen LogP contribution in [0.15, 0.2) is 0 Å². The second-order valence-electron chi connectivity index (χ2n) is 7.54. The summed E-state index contributed by atoms with van der Waals surface area (Å²) in [4.78, 5) is 2.57. The van der Waals surface area contributed by atoms with E-state index >= 15 is 0 Å². The zero-order chi connectivity index (χ0) is 15.6. The quantitative estimate of drug-likeness (QED) is 0.857. The van der Waals surface area contributed by atoms with Gasteiger partial charge in [-0.15, -0.1) is 5.10 Å². The Labute approximate surface area is 138 Å². The number of tetrazole rings is 1. The van der Waals surface area contributed by atoms with Gasteiger partial charge in [0.05, 0.1) is 18.2 Å². The molecule has 0 amide bonds. The molecule has 23 heavy (non-hydrogen) atoms. The van der Waals surface area contributed by atoms with Gasteiger partial charge in [0.25, 0.3) is 0 Å². The van der Waals surface area contributed by atoms with Crippen molar-refractivity contribution in [2.75, 3.05) is 19.7 Å². The SMILES string of the molecule is C[C@H](c1nnnn1C1CCCCC1)N1CC[C@H]2OCCC[C@@H]2C1. The Bertz CT molecular complexity index is 513. The van der Waals surface area contributed by atoms with E-state index < -0.39 is 0 Å². The monoisotopic (exact) mass is 319 g/mol. The lowest BCUT2D eigenvalue weighted by Crippen LogP contribution is -2.47. The Hall–Kier alpha value is -1.01. The summed E-state index contributed by atoms with van der Waals surface area (Å²) in [5.41, 5.74) is 0. The molecule has 1 aromatic heterocycles. The molecule has 3 heterocycles. The van der Waals surface area contributed by atoms with Crippen molar-refractivity contribution < 1.29 is 4.74 Å². The highest BCUT2D eigenvalue weighted by molar-refractivity contribution is 4.96. The molecular formula is C17H29N5O. The van der Waals surface area contributed by atoms with Crippen LogP contribution in [0, 0.1) is 5.92 Å². The molecule has 3 aliphatic rings. The number of piperidine rings is 1. The molecule has 6 heteroatoms. The fourth-order valence-corrected chi connectivity index (χ4v) is 4.69. The Balaban J connectivity index is 1.46. The van der Waals surface area contributed by atoms with Crippen molar-refractivity contribution in [2.24, 2.45) is 5.92 Å². The van der Waals surface area contributed by atoms with E-state index in [2.05, 4.69) is 32.0 Å². The fourth-order valence-electron chi connectivity index (χ4n) is 4.69. The predicted octanol–water partition coefficient (Wildman–Crippen LogP) is 2.74. The van der Waals surface area contributed by atoms with E-state index in [1.54, 1.807) is 0 Å². The van der Waals surface area contributed by atoms with E-state index in [-0.39, 0.29) is 0 Å². The summed E-state index contributed by atoms with van der Waals surface area (Å²) in [5, 5.41) is 12.7. The highest BCUT2D eigenvalue weighted by atomic mass is 16.5. The van der Waals surface area contributed by atoms with Crippen LogP contribution in [0.2, 0.25) is 0 Å². The predicted molar refractivity (Wildman–Crippen MR) is 87.0 cm³/mol. The molecule has 2 saturated heterocycles. The first-order valence-electron chi connectivity index (χ1n) is 9.46. The van der Waals surface area contributed by atoms with Crippen LogP contribution in [-0.4, -0.2) is 50.9 Å². The maximum absolute atomic E-state index is 5.95. The van der Waals surface area contributed by atoms with Gasteiger partial charge in [-0.25, -0.2) is 4.68 Å². The number of nitrogens with zero attached hydrogens (tertiary/aromatic N) is 5. The second kappa shape index (κ2) is 6.85. The molecule has 2 aliphatic heterocycles. The lowest BCUT2D eigenvalue weighted by molar-refractivity contribution is -0.0734. The summed E-state index contributed by atoms with van der Waals surface area (Å²) >= 11 is 0. The summed E-state index contributed by atoms with van der Waals surface area (Å²) in [6.07, 6.45) is 10.6. The van der Waals surface area contributed by atoms with Crippen LogP contribution in [0.25, 0.3) is 0 Å². The smallest absolute Gasteiger partial charge is 0.168 e. The molecule has 4 rings (SSSR count). The molecule has 128 valence electrons. The molecule has 0 bridgehead atoms. The number of likely N-dealkylation sites (tertiary alicyclic amines) is 1. The number of rotatable bonds is 3. The molecule has 0 unspecified atom stereocenters. The van der Waals surface area contributed by atoms with Gasteiger partial charge < -0.3 is 4.74 Å². The van der Waals surface area contributed by atoms with Crippen LogP contribution < -0.4 is 0 Å². The van der Waals surface area contributed by atoms with Crippen LogP contribution in [0.5, 0.6) is 0 Å². The van der Waals surface area contributed by atoms with Crippen LogP contribution >= 0.6 is 0 Å². The lowest BCUT2D eigenvalue weighted by atomic mass is 9.88.